The summed E-state index contributed by atoms with van der Waals surface area (Å²) in [5, 5.41) is 16.9. The van der Waals surface area contributed by atoms with Crippen LogP contribution >= 0.6 is 0 Å². The van der Waals surface area contributed by atoms with Crippen molar-refractivity contribution >= 4 is 0 Å². The Bertz CT molecular complexity index is 743. The number of aromatic nitrogens is 3. The highest BCUT2D eigenvalue weighted by Crippen LogP contribution is 2.28. The zero-order chi connectivity index (χ0) is 17.8. The first-order chi connectivity index (χ1) is 12.1. The van der Waals surface area contributed by atoms with Crippen LogP contribution in [0.15, 0.2) is 24.5 Å². The molecule has 2 atom stereocenters. The SMILES string of the molecule is CCN1CCO[C@@H](CNCc2cc(C#N)n(C)c2)[C@@H]1c1ccnn1C. The van der Waals surface area contributed by atoms with Crippen LogP contribution in [0.3, 0.4) is 0 Å². The van der Waals surface area contributed by atoms with Crippen molar-refractivity contribution in [1.29, 1.82) is 5.26 Å². The Hall–Kier alpha value is -2.14. The molecule has 0 aliphatic carbocycles. The van der Waals surface area contributed by atoms with E-state index in [1.807, 2.05) is 41.8 Å². The highest BCUT2D eigenvalue weighted by Gasteiger charge is 2.34. The Morgan fingerprint density at radius 3 is 2.92 bits per heavy atom. The molecule has 1 fully saturated rings. The summed E-state index contributed by atoms with van der Waals surface area (Å²) < 4.78 is 9.88. The molecule has 134 valence electrons. The van der Waals surface area contributed by atoms with Crippen LogP contribution in [0.5, 0.6) is 0 Å². The van der Waals surface area contributed by atoms with Crippen LogP contribution in [0.4, 0.5) is 0 Å². The van der Waals surface area contributed by atoms with Gasteiger partial charge in [0.15, 0.2) is 0 Å². The number of hydrogen-bond donors (Lipinski definition) is 1. The lowest BCUT2D eigenvalue weighted by Gasteiger charge is -2.40. The summed E-state index contributed by atoms with van der Waals surface area (Å²) >= 11 is 0. The van der Waals surface area contributed by atoms with Gasteiger partial charge in [0, 0.05) is 46.1 Å². The molecule has 7 nitrogen and oxygen atoms in total. The number of nitrogens with zero attached hydrogens (tertiary/aromatic N) is 5. The van der Waals surface area contributed by atoms with Gasteiger partial charge in [-0.15, -0.1) is 0 Å². The summed E-state index contributed by atoms with van der Waals surface area (Å²) in [5.41, 5.74) is 2.97. The summed E-state index contributed by atoms with van der Waals surface area (Å²) in [7, 11) is 3.87. The molecule has 0 spiro atoms. The van der Waals surface area contributed by atoms with Crippen molar-refractivity contribution in [2.24, 2.45) is 14.1 Å². The van der Waals surface area contributed by atoms with Crippen LogP contribution in [0.25, 0.3) is 0 Å². The van der Waals surface area contributed by atoms with Crippen molar-refractivity contribution in [1.82, 2.24) is 24.6 Å². The van der Waals surface area contributed by atoms with Gasteiger partial charge in [-0.05, 0) is 24.2 Å². The molecular formula is C18H26N6O. The highest BCUT2D eigenvalue weighted by molar-refractivity contribution is 5.28. The first kappa shape index (κ1) is 17.7. The third kappa shape index (κ3) is 3.76. The largest absolute Gasteiger partial charge is 0.374 e. The van der Waals surface area contributed by atoms with E-state index in [0.29, 0.717) is 5.69 Å². The van der Waals surface area contributed by atoms with E-state index in [1.54, 1.807) is 0 Å². The lowest BCUT2D eigenvalue weighted by molar-refractivity contribution is -0.0718. The molecule has 0 radical (unpaired) electrons. The van der Waals surface area contributed by atoms with E-state index in [2.05, 4.69) is 34.4 Å². The van der Waals surface area contributed by atoms with E-state index in [0.717, 1.165) is 38.3 Å². The molecule has 3 heterocycles. The van der Waals surface area contributed by atoms with Gasteiger partial charge >= 0.3 is 0 Å². The third-order valence-corrected chi connectivity index (χ3v) is 4.87. The number of hydrogen-bond acceptors (Lipinski definition) is 5. The van der Waals surface area contributed by atoms with Crippen LogP contribution in [0.1, 0.15) is 29.9 Å². The van der Waals surface area contributed by atoms with Crippen LogP contribution in [-0.2, 0) is 25.4 Å². The second-order valence-electron chi connectivity index (χ2n) is 6.45. The average Bonchev–Trinajstić information content (AvgIpc) is 3.19. The van der Waals surface area contributed by atoms with Gasteiger partial charge in [-0.25, -0.2) is 0 Å². The Kier molecular flexibility index (Phi) is 5.53. The summed E-state index contributed by atoms with van der Waals surface area (Å²) in [6.45, 7) is 6.33. The molecule has 1 N–H and O–H groups in total. The monoisotopic (exact) mass is 342 g/mol. The average molecular weight is 342 g/mol. The molecule has 3 rings (SSSR count). The fraction of sp³-hybridized carbons (Fsp3) is 0.556. The molecule has 0 aromatic carbocycles. The molecule has 0 bridgehead atoms. The van der Waals surface area contributed by atoms with Gasteiger partial charge < -0.3 is 14.6 Å². The zero-order valence-electron chi connectivity index (χ0n) is 15.1. The van der Waals surface area contributed by atoms with E-state index in [1.165, 1.54) is 5.69 Å². The molecule has 1 aliphatic heterocycles. The quantitative estimate of drug-likeness (QED) is 0.854. The fourth-order valence-corrected chi connectivity index (χ4v) is 3.56. The Labute approximate surface area is 148 Å². The van der Waals surface area contributed by atoms with Gasteiger partial charge in [0.05, 0.1) is 24.4 Å². The van der Waals surface area contributed by atoms with Gasteiger partial charge in [-0.2, -0.15) is 10.4 Å². The van der Waals surface area contributed by atoms with Crippen molar-refractivity contribution in [2.75, 3.05) is 26.2 Å². The smallest absolute Gasteiger partial charge is 0.120 e. The number of rotatable bonds is 6. The maximum Gasteiger partial charge on any atom is 0.120 e. The van der Waals surface area contributed by atoms with Gasteiger partial charge in [0.25, 0.3) is 0 Å². The van der Waals surface area contributed by atoms with Gasteiger partial charge in [-0.1, -0.05) is 6.92 Å². The normalized spacial score (nSPS) is 21.4. The minimum Gasteiger partial charge on any atom is -0.374 e. The van der Waals surface area contributed by atoms with E-state index in [4.69, 9.17) is 10.00 Å². The second-order valence-corrected chi connectivity index (χ2v) is 6.45. The van der Waals surface area contributed by atoms with Crippen molar-refractivity contribution in [3.05, 3.63) is 41.5 Å². The minimum absolute atomic E-state index is 0.0725. The van der Waals surface area contributed by atoms with Crippen molar-refractivity contribution in [3.63, 3.8) is 0 Å². The zero-order valence-corrected chi connectivity index (χ0v) is 15.1. The maximum atomic E-state index is 9.06. The topological polar surface area (TPSA) is 71.0 Å². The molecule has 2 aromatic rings. The second kappa shape index (κ2) is 7.83. The summed E-state index contributed by atoms with van der Waals surface area (Å²) in [6.07, 6.45) is 3.91. The number of nitrogens with one attached hydrogen (secondary N) is 1. The molecule has 1 saturated heterocycles. The van der Waals surface area contributed by atoms with Crippen LogP contribution < -0.4 is 5.32 Å². The lowest BCUT2D eigenvalue weighted by atomic mass is 10.0. The first-order valence-corrected chi connectivity index (χ1v) is 8.73. The molecule has 0 amide bonds. The fourth-order valence-electron chi connectivity index (χ4n) is 3.56. The van der Waals surface area contributed by atoms with Crippen LogP contribution in [0, 0.1) is 11.3 Å². The predicted molar refractivity (Wildman–Crippen MR) is 94.8 cm³/mol. The lowest BCUT2D eigenvalue weighted by Crippen LogP contribution is -2.49. The molecule has 7 heteroatoms. The number of ether oxygens (including phenoxy) is 1. The van der Waals surface area contributed by atoms with Gasteiger partial charge in [0.1, 0.15) is 11.8 Å². The van der Waals surface area contributed by atoms with Crippen molar-refractivity contribution in [3.8, 4) is 6.07 Å². The number of likely N-dealkylation sites (N-methyl/N-ethyl adjacent to an activating group) is 1. The van der Waals surface area contributed by atoms with E-state index in [9.17, 15) is 0 Å². The molecule has 0 unspecified atom stereocenters. The van der Waals surface area contributed by atoms with Gasteiger partial charge in [-0.3, -0.25) is 9.58 Å². The highest BCUT2D eigenvalue weighted by atomic mass is 16.5. The Morgan fingerprint density at radius 1 is 1.44 bits per heavy atom. The van der Waals surface area contributed by atoms with Crippen LogP contribution in [0.2, 0.25) is 0 Å². The van der Waals surface area contributed by atoms with Gasteiger partial charge in [0.2, 0.25) is 0 Å². The van der Waals surface area contributed by atoms with Crippen LogP contribution in [-0.4, -0.2) is 51.6 Å². The number of nitriles is 1. The first-order valence-electron chi connectivity index (χ1n) is 8.73. The maximum absolute atomic E-state index is 9.06. The molecule has 2 aromatic heterocycles. The molecule has 0 saturated carbocycles. The van der Waals surface area contributed by atoms with Crippen molar-refractivity contribution in [2.45, 2.75) is 25.6 Å². The standard InChI is InChI=1S/C18H26N6O/c1-4-24-7-8-25-17(18(24)16-5-6-21-23(16)3)12-20-11-14-9-15(10-19)22(2)13-14/h5-6,9,13,17-18,20H,4,7-8,11-12H2,1-3H3/t17-,18-/m0/s1. The minimum atomic E-state index is 0.0725. The van der Waals surface area contributed by atoms with E-state index < -0.39 is 0 Å². The number of aryl methyl sites for hydroxylation is 2. The van der Waals surface area contributed by atoms with E-state index in [-0.39, 0.29) is 12.1 Å². The summed E-state index contributed by atoms with van der Waals surface area (Å²) in [6, 6.07) is 6.39. The Balaban J connectivity index is 1.66. The number of morpholine rings is 1. The molecule has 25 heavy (non-hydrogen) atoms. The Morgan fingerprint density at radius 2 is 2.28 bits per heavy atom. The predicted octanol–water partition coefficient (Wildman–Crippen LogP) is 1.18. The summed E-state index contributed by atoms with van der Waals surface area (Å²) in [4.78, 5) is 2.45. The molecular weight excluding hydrogens is 316 g/mol. The van der Waals surface area contributed by atoms with E-state index >= 15 is 0 Å². The van der Waals surface area contributed by atoms with Crippen molar-refractivity contribution < 1.29 is 4.74 Å². The third-order valence-electron chi connectivity index (χ3n) is 4.87. The summed E-state index contributed by atoms with van der Waals surface area (Å²) in [5.74, 6) is 0. The molecule has 1 aliphatic rings.